The van der Waals surface area contributed by atoms with E-state index in [2.05, 4.69) is 38.1 Å². The summed E-state index contributed by atoms with van der Waals surface area (Å²) in [4.78, 5) is 14.8. The molecule has 128 valence electrons. The minimum absolute atomic E-state index is 0.0239. The third-order valence-electron chi connectivity index (χ3n) is 4.15. The van der Waals surface area contributed by atoms with Crippen molar-refractivity contribution in [2.75, 3.05) is 11.9 Å². The molecule has 0 spiro atoms. The molecule has 0 aliphatic carbocycles. The van der Waals surface area contributed by atoms with Crippen molar-refractivity contribution in [3.8, 4) is 0 Å². The third kappa shape index (κ3) is 3.00. The zero-order valence-electron chi connectivity index (χ0n) is 14.5. The summed E-state index contributed by atoms with van der Waals surface area (Å²) in [6, 6.07) is 5.34. The van der Waals surface area contributed by atoms with Crippen LogP contribution >= 0.6 is 11.6 Å². The van der Waals surface area contributed by atoms with Gasteiger partial charge in [0.2, 0.25) is 0 Å². The van der Waals surface area contributed by atoms with Gasteiger partial charge in [0.25, 0.3) is 5.91 Å². The molecular formula is C18H23ClN4O. The number of hydrogen-bond acceptors (Lipinski definition) is 3. The number of rotatable bonds is 3. The van der Waals surface area contributed by atoms with Crippen LogP contribution in [-0.2, 0) is 5.54 Å². The summed E-state index contributed by atoms with van der Waals surface area (Å²) < 4.78 is 1.92. The fraction of sp³-hybridized carbons (Fsp3) is 0.444. The van der Waals surface area contributed by atoms with E-state index in [0.717, 1.165) is 17.7 Å². The molecule has 1 amide bonds. The molecular weight excluding hydrogens is 324 g/mol. The van der Waals surface area contributed by atoms with Crippen molar-refractivity contribution in [2.24, 2.45) is 0 Å². The first kappa shape index (κ1) is 16.8. The van der Waals surface area contributed by atoms with Gasteiger partial charge < -0.3 is 10.2 Å². The van der Waals surface area contributed by atoms with Crippen LogP contribution in [0.25, 0.3) is 0 Å². The molecule has 0 radical (unpaired) electrons. The van der Waals surface area contributed by atoms with Crippen LogP contribution in [0.1, 0.15) is 56.2 Å². The first-order valence-electron chi connectivity index (χ1n) is 8.23. The van der Waals surface area contributed by atoms with E-state index in [1.54, 1.807) is 18.2 Å². The van der Waals surface area contributed by atoms with Crippen LogP contribution in [0.4, 0.5) is 5.69 Å². The minimum Gasteiger partial charge on any atom is -0.361 e. The van der Waals surface area contributed by atoms with Gasteiger partial charge in [-0.25, -0.2) is 0 Å². The Balaban J connectivity index is 2.02. The van der Waals surface area contributed by atoms with E-state index in [1.165, 1.54) is 0 Å². The average molecular weight is 347 g/mol. The summed E-state index contributed by atoms with van der Waals surface area (Å²) in [6.07, 6.45) is 4.48. The maximum atomic E-state index is 12.9. The smallest absolute Gasteiger partial charge is 0.257 e. The Morgan fingerprint density at radius 2 is 2.08 bits per heavy atom. The Morgan fingerprint density at radius 3 is 2.71 bits per heavy atom. The van der Waals surface area contributed by atoms with Gasteiger partial charge in [-0.2, -0.15) is 5.10 Å². The quantitative estimate of drug-likeness (QED) is 0.903. The lowest BCUT2D eigenvalue weighted by Crippen LogP contribution is -2.43. The maximum Gasteiger partial charge on any atom is 0.257 e. The lowest BCUT2D eigenvalue weighted by atomic mass is 10.0. The summed E-state index contributed by atoms with van der Waals surface area (Å²) >= 11 is 6.10. The number of nitrogens with one attached hydrogen (secondary N) is 1. The number of aromatic nitrogens is 2. The third-order valence-corrected chi connectivity index (χ3v) is 4.38. The monoisotopic (exact) mass is 346 g/mol. The molecule has 0 saturated carbocycles. The fourth-order valence-corrected chi connectivity index (χ4v) is 3.07. The highest BCUT2D eigenvalue weighted by Gasteiger charge is 2.33. The van der Waals surface area contributed by atoms with Crippen molar-refractivity contribution < 1.29 is 4.79 Å². The van der Waals surface area contributed by atoms with E-state index in [0.29, 0.717) is 17.1 Å². The van der Waals surface area contributed by atoms with Crippen molar-refractivity contribution >= 4 is 23.2 Å². The molecule has 0 saturated heterocycles. The van der Waals surface area contributed by atoms with E-state index in [1.807, 2.05) is 22.0 Å². The molecule has 1 atom stereocenters. The number of halogens is 1. The first-order chi connectivity index (χ1) is 11.3. The predicted molar refractivity (Wildman–Crippen MR) is 96.4 cm³/mol. The molecule has 2 heterocycles. The van der Waals surface area contributed by atoms with Crippen molar-refractivity contribution in [1.29, 1.82) is 0 Å². The summed E-state index contributed by atoms with van der Waals surface area (Å²) in [5.74, 6) is 0.0239. The van der Waals surface area contributed by atoms with Gasteiger partial charge >= 0.3 is 0 Å². The first-order valence-corrected chi connectivity index (χ1v) is 8.61. The highest BCUT2D eigenvalue weighted by atomic mass is 35.5. The summed E-state index contributed by atoms with van der Waals surface area (Å²) in [5.41, 5.74) is 2.30. The van der Waals surface area contributed by atoms with Gasteiger partial charge in [0, 0.05) is 23.3 Å². The van der Waals surface area contributed by atoms with E-state index in [-0.39, 0.29) is 17.6 Å². The summed E-state index contributed by atoms with van der Waals surface area (Å²) in [5, 5.41) is 8.53. The molecule has 0 fully saturated rings. The van der Waals surface area contributed by atoms with Crippen molar-refractivity contribution in [3.63, 3.8) is 0 Å². The van der Waals surface area contributed by atoms with Gasteiger partial charge in [-0.05, 0) is 45.4 Å². The van der Waals surface area contributed by atoms with Crippen LogP contribution in [0.3, 0.4) is 0 Å². The number of hydrogen-bond donors (Lipinski definition) is 1. The Bertz CT molecular complexity index is 763. The zero-order valence-corrected chi connectivity index (χ0v) is 15.3. The second-order valence-electron chi connectivity index (χ2n) is 7.12. The van der Waals surface area contributed by atoms with E-state index in [9.17, 15) is 4.79 Å². The van der Waals surface area contributed by atoms with Gasteiger partial charge in [0.1, 0.15) is 6.17 Å². The zero-order chi connectivity index (χ0) is 17.5. The molecule has 1 N–H and O–H groups in total. The topological polar surface area (TPSA) is 50.2 Å². The average Bonchev–Trinajstić information content (AvgIpc) is 2.99. The molecule has 5 nitrogen and oxygen atoms in total. The number of carbonyl (C=O) groups excluding carboxylic acids is 1. The number of fused-ring (bicyclic) bond motifs is 1. The Kier molecular flexibility index (Phi) is 4.30. The lowest BCUT2D eigenvalue weighted by molar-refractivity contribution is 0.0683. The van der Waals surface area contributed by atoms with Crippen LogP contribution in [0.2, 0.25) is 5.02 Å². The minimum atomic E-state index is -0.237. The molecule has 0 bridgehead atoms. The standard InChI is InChI=1S/C18H23ClN4O/c1-5-8-22-16(12-10-20-23(11-12)18(2,3)4)21-15-9-13(19)6-7-14(15)17(22)24/h6-7,9-11,16,21H,5,8H2,1-4H3. The molecule has 1 unspecified atom stereocenters. The Hall–Kier alpha value is -2.01. The van der Waals surface area contributed by atoms with Gasteiger partial charge in [0.05, 0.1) is 23.0 Å². The van der Waals surface area contributed by atoms with Gasteiger partial charge in [-0.3, -0.25) is 9.48 Å². The second-order valence-corrected chi connectivity index (χ2v) is 7.56. The van der Waals surface area contributed by atoms with Crippen LogP contribution in [0, 0.1) is 0 Å². The fourth-order valence-electron chi connectivity index (χ4n) is 2.90. The van der Waals surface area contributed by atoms with Crippen LogP contribution < -0.4 is 5.32 Å². The maximum absolute atomic E-state index is 12.9. The predicted octanol–water partition coefficient (Wildman–Crippen LogP) is 4.27. The molecule has 6 heteroatoms. The second kappa shape index (κ2) is 6.13. The summed E-state index contributed by atoms with van der Waals surface area (Å²) in [6.45, 7) is 9.05. The highest BCUT2D eigenvalue weighted by Crippen LogP contribution is 2.35. The van der Waals surface area contributed by atoms with Crippen LogP contribution in [0.15, 0.2) is 30.6 Å². The normalized spacial score (nSPS) is 17.6. The van der Waals surface area contributed by atoms with Gasteiger partial charge in [-0.15, -0.1) is 0 Å². The number of nitrogens with zero attached hydrogens (tertiary/aromatic N) is 3. The SMILES string of the molecule is CCCN1C(=O)c2ccc(Cl)cc2NC1c1cnn(C(C)(C)C)c1. The van der Waals surface area contributed by atoms with Gasteiger partial charge in [-0.1, -0.05) is 18.5 Å². The Morgan fingerprint density at radius 1 is 1.33 bits per heavy atom. The number of amides is 1. The number of benzene rings is 1. The van der Waals surface area contributed by atoms with E-state index >= 15 is 0 Å². The van der Waals surface area contributed by atoms with Crippen molar-refractivity contribution in [3.05, 3.63) is 46.7 Å². The van der Waals surface area contributed by atoms with E-state index in [4.69, 9.17) is 11.6 Å². The largest absolute Gasteiger partial charge is 0.361 e. The molecule has 1 aromatic carbocycles. The number of anilines is 1. The molecule has 2 aromatic rings. The molecule has 3 rings (SSSR count). The van der Waals surface area contributed by atoms with E-state index < -0.39 is 0 Å². The highest BCUT2D eigenvalue weighted by molar-refractivity contribution is 6.31. The lowest BCUT2D eigenvalue weighted by Gasteiger charge is -2.37. The number of carbonyl (C=O) groups is 1. The summed E-state index contributed by atoms with van der Waals surface area (Å²) in [7, 11) is 0. The van der Waals surface area contributed by atoms with Crippen LogP contribution in [-0.4, -0.2) is 27.1 Å². The molecule has 24 heavy (non-hydrogen) atoms. The van der Waals surface area contributed by atoms with Crippen molar-refractivity contribution in [2.45, 2.75) is 45.8 Å². The molecule has 1 aliphatic rings. The van der Waals surface area contributed by atoms with Crippen molar-refractivity contribution in [1.82, 2.24) is 14.7 Å². The Labute approximate surface area is 147 Å². The molecule has 1 aromatic heterocycles. The van der Waals surface area contributed by atoms with Gasteiger partial charge in [0.15, 0.2) is 0 Å². The van der Waals surface area contributed by atoms with Crippen LogP contribution in [0.5, 0.6) is 0 Å². The molecule has 1 aliphatic heterocycles.